The first-order chi connectivity index (χ1) is 7.37. The Morgan fingerprint density at radius 3 is 2.31 bits per heavy atom. The molecular weight excluding hydrogens is 223 g/mol. The van der Waals surface area contributed by atoms with Gasteiger partial charge in [-0.15, -0.1) is 11.8 Å². The molecule has 1 nitrogen and oxygen atoms in total. The predicted octanol–water partition coefficient (Wildman–Crippen LogP) is 3.47. The lowest BCUT2D eigenvalue weighted by Gasteiger charge is -2.16. The average molecular weight is 240 g/mol. The zero-order chi connectivity index (χ0) is 12.2. The molecule has 0 heterocycles. The Balaban J connectivity index is 2.43. The Bertz CT molecular complexity index is 351. The van der Waals surface area contributed by atoms with E-state index in [1.807, 2.05) is 0 Å². The van der Waals surface area contributed by atoms with Gasteiger partial charge in [-0.05, 0) is 17.7 Å². The van der Waals surface area contributed by atoms with Gasteiger partial charge in [0, 0.05) is 11.2 Å². The van der Waals surface area contributed by atoms with Gasteiger partial charge in [0.05, 0.1) is 5.75 Å². The highest BCUT2D eigenvalue weighted by molar-refractivity contribution is 8.01. The van der Waals surface area contributed by atoms with E-state index in [0.717, 1.165) is 5.56 Å². The number of Topliss-reactive ketones (excluding diaryl/α,β-unsaturated/α-hetero) is 1. The summed E-state index contributed by atoms with van der Waals surface area (Å²) in [5.74, 6) is 0.438. The maximum Gasteiger partial charge on any atom is 0.147 e. The van der Waals surface area contributed by atoms with Crippen molar-refractivity contribution >= 4 is 17.5 Å². The second kappa shape index (κ2) is 5.48. The SMILES string of the molecule is CC(C)(C)SCC(=O)Cc1ccc(F)cc1. The Morgan fingerprint density at radius 2 is 1.81 bits per heavy atom. The van der Waals surface area contributed by atoms with Crippen LogP contribution in [0.2, 0.25) is 0 Å². The zero-order valence-electron chi connectivity index (χ0n) is 9.92. The second-order valence-electron chi connectivity index (χ2n) is 4.74. The lowest BCUT2D eigenvalue weighted by molar-refractivity contribution is -0.116. The molecule has 0 atom stereocenters. The highest BCUT2D eigenvalue weighted by Gasteiger charge is 2.13. The highest BCUT2D eigenvalue weighted by atomic mass is 32.2. The summed E-state index contributed by atoms with van der Waals surface area (Å²) in [4.78, 5) is 11.6. The summed E-state index contributed by atoms with van der Waals surface area (Å²) in [6.45, 7) is 6.26. The third kappa shape index (κ3) is 5.31. The topological polar surface area (TPSA) is 17.1 Å². The van der Waals surface area contributed by atoms with E-state index in [9.17, 15) is 9.18 Å². The van der Waals surface area contributed by atoms with E-state index < -0.39 is 0 Å². The fraction of sp³-hybridized carbons (Fsp3) is 0.462. The zero-order valence-corrected chi connectivity index (χ0v) is 10.7. The first-order valence-electron chi connectivity index (χ1n) is 5.27. The molecule has 0 amide bonds. The van der Waals surface area contributed by atoms with Crippen molar-refractivity contribution in [1.82, 2.24) is 0 Å². The Kier molecular flexibility index (Phi) is 4.54. The van der Waals surface area contributed by atoms with Crippen LogP contribution in [0.3, 0.4) is 0 Å². The molecule has 1 rings (SSSR count). The van der Waals surface area contributed by atoms with Crippen molar-refractivity contribution < 1.29 is 9.18 Å². The summed E-state index contributed by atoms with van der Waals surface area (Å²) < 4.78 is 12.7. The Labute approximate surface area is 100 Å². The highest BCUT2D eigenvalue weighted by Crippen LogP contribution is 2.23. The van der Waals surface area contributed by atoms with Gasteiger partial charge in [-0.3, -0.25) is 4.79 Å². The molecule has 0 aliphatic rings. The van der Waals surface area contributed by atoms with E-state index in [0.29, 0.717) is 12.2 Å². The molecule has 0 radical (unpaired) electrons. The maximum absolute atomic E-state index is 12.6. The minimum Gasteiger partial charge on any atom is -0.298 e. The van der Waals surface area contributed by atoms with Gasteiger partial charge in [0.2, 0.25) is 0 Å². The van der Waals surface area contributed by atoms with Crippen LogP contribution in [0.1, 0.15) is 26.3 Å². The molecule has 1 aromatic carbocycles. The molecule has 0 bridgehead atoms. The molecule has 0 spiro atoms. The van der Waals surface area contributed by atoms with Crippen LogP contribution in [0.15, 0.2) is 24.3 Å². The van der Waals surface area contributed by atoms with Crippen molar-refractivity contribution in [2.45, 2.75) is 31.9 Å². The number of halogens is 1. The number of benzene rings is 1. The molecule has 0 N–H and O–H groups in total. The molecule has 0 saturated carbocycles. The fourth-order valence-electron chi connectivity index (χ4n) is 1.18. The van der Waals surface area contributed by atoms with Gasteiger partial charge in [-0.2, -0.15) is 0 Å². The summed E-state index contributed by atoms with van der Waals surface area (Å²) in [6.07, 6.45) is 0.392. The van der Waals surface area contributed by atoms with Crippen molar-refractivity contribution in [3.05, 3.63) is 35.6 Å². The van der Waals surface area contributed by atoms with Crippen LogP contribution in [0.4, 0.5) is 4.39 Å². The molecule has 0 aliphatic heterocycles. The van der Waals surface area contributed by atoms with Crippen molar-refractivity contribution in [3.63, 3.8) is 0 Å². The summed E-state index contributed by atoms with van der Waals surface area (Å²) in [5.41, 5.74) is 0.876. The quantitative estimate of drug-likeness (QED) is 0.801. The van der Waals surface area contributed by atoms with E-state index in [-0.39, 0.29) is 16.3 Å². The van der Waals surface area contributed by atoms with E-state index in [4.69, 9.17) is 0 Å². The molecule has 0 unspecified atom stereocenters. The van der Waals surface area contributed by atoms with Crippen molar-refractivity contribution in [3.8, 4) is 0 Å². The largest absolute Gasteiger partial charge is 0.298 e. The number of carbonyl (C=O) groups excluding carboxylic acids is 1. The van der Waals surface area contributed by atoms with Crippen LogP contribution in [0.25, 0.3) is 0 Å². The van der Waals surface area contributed by atoms with E-state index >= 15 is 0 Å². The number of hydrogen-bond acceptors (Lipinski definition) is 2. The summed E-state index contributed by atoms with van der Waals surface area (Å²) in [7, 11) is 0. The second-order valence-corrected chi connectivity index (χ2v) is 6.55. The van der Waals surface area contributed by atoms with Gasteiger partial charge in [-0.1, -0.05) is 32.9 Å². The summed E-state index contributed by atoms with van der Waals surface area (Å²) in [5, 5.41) is 0. The molecule has 0 aliphatic carbocycles. The normalized spacial score (nSPS) is 11.5. The van der Waals surface area contributed by atoms with Crippen LogP contribution >= 0.6 is 11.8 Å². The standard InChI is InChI=1S/C13H17FOS/c1-13(2,3)16-9-12(15)8-10-4-6-11(14)7-5-10/h4-7H,8-9H2,1-3H3. The number of hydrogen-bond donors (Lipinski definition) is 0. The first-order valence-corrected chi connectivity index (χ1v) is 6.25. The minimum atomic E-state index is -0.264. The average Bonchev–Trinajstić information content (AvgIpc) is 2.18. The van der Waals surface area contributed by atoms with Gasteiger partial charge in [0.25, 0.3) is 0 Å². The van der Waals surface area contributed by atoms with E-state index in [2.05, 4.69) is 20.8 Å². The van der Waals surface area contributed by atoms with Crippen LogP contribution < -0.4 is 0 Å². The van der Waals surface area contributed by atoms with Crippen LogP contribution in [0, 0.1) is 5.82 Å². The predicted molar refractivity (Wildman–Crippen MR) is 67.3 cm³/mol. The van der Waals surface area contributed by atoms with Gasteiger partial charge in [0.1, 0.15) is 11.6 Å². The molecule has 1 aromatic rings. The maximum atomic E-state index is 12.6. The fourth-order valence-corrected chi connectivity index (χ4v) is 1.87. The van der Waals surface area contributed by atoms with Crippen molar-refractivity contribution in [2.24, 2.45) is 0 Å². The third-order valence-corrected chi connectivity index (χ3v) is 3.31. The van der Waals surface area contributed by atoms with Crippen molar-refractivity contribution in [1.29, 1.82) is 0 Å². The van der Waals surface area contributed by atoms with Gasteiger partial charge < -0.3 is 0 Å². The number of rotatable bonds is 4. The molecule has 0 aromatic heterocycles. The molecule has 0 saturated heterocycles. The van der Waals surface area contributed by atoms with Gasteiger partial charge in [0.15, 0.2) is 0 Å². The van der Waals surface area contributed by atoms with Crippen LogP contribution in [0.5, 0.6) is 0 Å². The minimum absolute atomic E-state index is 0.110. The number of ketones is 1. The van der Waals surface area contributed by atoms with Gasteiger partial charge >= 0.3 is 0 Å². The summed E-state index contributed by atoms with van der Waals surface area (Å²) in [6, 6.07) is 6.10. The Morgan fingerprint density at radius 1 is 1.25 bits per heavy atom. The molecule has 16 heavy (non-hydrogen) atoms. The Hall–Kier alpha value is -0.830. The van der Waals surface area contributed by atoms with Crippen LogP contribution in [-0.2, 0) is 11.2 Å². The van der Waals surface area contributed by atoms with Gasteiger partial charge in [-0.25, -0.2) is 4.39 Å². The molecule has 3 heteroatoms. The van der Waals surface area contributed by atoms with E-state index in [1.165, 1.54) is 12.1 Å². The molecule has 0 fully saturated rings. The lowest BCUT2D eigenvalue weighted by atomic mass is 10.1. The molecule has 88 valence electrons. The number of carbonyl (C=O) groups is 1. The number of thioether (sulfide) groups is 1. The summed E-state index contributed by atoms with van der Waals surface area (Å²) >= 11 is 1.64. The van der Waals surface area contributed by atoms with E-state index in [1.54, 1.807) is 23.9 Å². The van der Waals surface area contributed by atoms with Crippen LogP contribution in [-0.4, -0.2) is 16.3 Å². The first kappa shape index (κ1) is 13.2. The monoisotopic (exact) mass is 240 g/mol. The molecular formula is C13H17FOS. The lowest BCUT2D eigenvalue weighted by Crippen LogP contribution is -2.14. The smallest absolute Gasteiger partial charge is 0.147 e. The van der Waals surface area contributed by atoms with Crippen molar-refractivity contribution in [2.75, 3.05) is 5.75 Å². The third-order valence-electron chi connectivity index (χ3n) is 1.98.